The number of carbonyl (C=O) groups excluding carboxylic acids is 1. The third-order valence-electron chi connectivity index (χ3n) is 4.66. The molecule has 1 N–H and O–H groups in total. The lowest BCUT2D eigenvalue weighted by atomic mass is 10.2. The number of para-hydroxylation sites is 2. The third kappa shape index (κ3) is 5.04. The number of benzene rings is 3. The van der Waals surface area contributed by atoms with Gasteiger partial charge in [-0.1, -0.05) is 53.7 Å². The molecule has 0 saturated heterocycles. The van der Waals surface area contributed by atoms with Crippen LogP contribution < -0.4 is 10.9 Å². The van der Waals surface area contributed by atoms with E-state index in [-0.39, 0.29) is 27.2 Å². The second-order valence-corrected chi connectivity index (χ2v) is 8.27. The Morgan fingerprint density at radius 3 is 2.45 bits per heavy atom. The van der Waals surface area contributed by atoms with Gasteiger partial charge in [-0.25, -0.2) is 4.98 Å². The number of anilines is 1. The van der Waals surface area contributed by atoms with Crippen molar-refractivity contribution in [2.45, 2.75) is 11.3 Å². The zero-order valence-electron chi connectivity index (χ0n) is 16.8. The van der Waals surface area contributed by atoms with Crippen molar-refractivity contribution in [2.75, 3.05) is 11.1 Å². The molecule has 0 fully saturated rings. The SMILES string of the molecule is O=C(CSc1nc2ccccc2c(=O)n1-c1ccccc1)Nc1cc(C(F)(F)F)ccc1Cl. The zero-order chi connectivity index (χ0) is 23.6. The highest BCUT2D eigenvalue weighted by Gasteiger charge is 2.31. The molecule has 168 valence electrons. The Morgan fingerprint density at radius 2 is 1.73 bits per heavy atom. The first-order valence-corrected chi connectivity index (χ1v) is 11.0. The van der Waals surface area contributed by atoms with Crippen LogP contribution in [0.3, 0.4) is 0 Å². The maximum absolute atomic E-state index is 13.1. The largest absolute Gasteiger partial charge is 0.416 e. The molecule has 5 nitrogen and oxygen atoms in total. The van der Waals surface area contributed by atoms with Gasteiger partial charge in [-0.05, 0) is 42.5 Å². The maximum atomic E-state index is 13.1. The molecule has 0 aliphatic carbocycles. The number of nitrogens with zero attached hydrogens (tertiary/aromatic N) is 2. The van der Waals surface area contributed by atoms with Gasteiger partial charge in [0.1, 0.15) is 0 Å². The summed E-state index contributed by atoms with van der Waals surface area (Å²) < 4.78 is 40.3. The highest BCUT2D eigenvalue weighted by molar-refractivity contribution is 7.99. The van der Waals surface area contributed by atoms with Crippen LogP contribution in [-0.4, -0.2) is 21.2 Å². The first-order valence-electron chi connectivity index (χ1n) is 9.60. The molecule has 0 unspecified atom stereocenters. The summed E-state index contributed by atoms with van der Waals surface area (Å²) in [5, 5.41) is 3.07. The zero-order valence-corrected chi connectivity index (χ0v) is 18.3. The number of thioether (sulfide) groups is 1. The number of fused-ring (bicyclic) bond motifs is 1. The molecule has 0 radical (unpaired) electrons. The van der Waals surface area contributed by atoms with E-state index in [1.165, 1.54) is 4.57 Å². The standard InChI is InChI=1S/C23H15ClF3N3O2S/c24-17-11-10-14(23(25,26)27)12-19(17)28-20(31)13-33-22-29-18-9-5-4-8-16(18)21(32)30(22)15-6-2-1-3-7-15/h1-12H,13H2,(H,28,31). The molecule has 3 aromatic carbocycles. The van der Waals surface area contributed by atoms with E-state index in [4.69, 9.17) is 11.6 Å². The minimum absolute atomic E-state index is 0.0219. The highest BCUT2D eigenvalue weighted by atomic mass is 35.5. The van der Waals surface area contributed by atoms with Crippen molar-refractivity contribution in [3.05, 3.63) is 93.7 Å². The number of carbonyl (C=O) groups is 1. The van der Waals surface area contributed by atoms with Crippen LogP contribution in [-0.2, 0) is 11.0 Å². The van der Waals surface area contributed by atoms with Gasteiger partial charge in [0, 0.05) is 0 Å². The van der Waals surface area contributed by atoms with Gasteiger partial charge in [0.2, 0.25) is 5.91 Å². The molecule has 1 amide bonds. The summed E-state index contributed by atoms with van der Waals surface area (Å²) in [6.45, 7) is 0. The number of hydrogen-bond acceptors (Lipinski definition) is 4. The van der Waals surface area contributed by atoms with Crippen molar-refractivity contribution in [3.63, 3.8) is 0 Å². The molecule has 0 atom stereocenters. The Morgan fingerprint density at radius 1 is 1.03 bits per heavy atom. The van der Waals surface area contributed by atoms with Gasteiger partial charge >= 0.3 is 6.18 Å². The summed E-state index contributed by atoms with van der Waals surface area (Å²) in [4.78, 5) is 30.2. The fraction of sp³-hybridized carbons (Fsp3) is 0.0870. The van der Waals surface area contributed by atoms with Crippen molar-refractivity contribution < 1.29 is 18.0 Å². The van der Waals surface area contributed by atoms with E-state index in [9.17, 15) is 22.8 Å². The van der Waals surface area contributed by atoms with E-state index in [1.807, 2.05) is 6.07 Å². The number of alkyl halides is 3. The summed E-state index contributed by atoms with van der Waals surface area (Å²) in [5.41, 5.74) is -0.327. The normalized spacial score (nSPS) is 11.5. The predicted molar refractivity (Wildman–Crippen MR) is 123 cm³/mol. The summed E-state index contributed by atoms with van der Waals surface area (Å²) in [5.74, 6) is -0.798. The van der Waals surface area contributed by atoms with Crippen LogP contribution in [0.2, 0.25) is 5.02 Å². The minimum atomic E-state index is -4.57. The Bertz CT molecular complexity index is 1390. The van der Waals surface area contributed by atoms with Crippen LogP contribution in [0.5, 0.6) is 0 Å². The topological polar surface area (TPSA) is 64.0 Å². The molecule has 0 bridgehead atoms. The van der Waals surface area contributed by atoms with Crippen molar-refractivity contribution in [2.24, 2.45) is 0 Å². The summed E-state index contributed by atoms with van der Waals surface area (Å²) >= 11 is 6.94. The van der Waals surface area contributed by atoms with Crippen LogP contribution >= 0.6 is 23.4 Å². The Labute approximate surface area is 195 Å². The van der Waals surface area contributed by atoms with Gasteiger partial charge in [-0.15, -0.1) is 0 Å². The molecule has 0 saturated carbocycles. The number of hydrogen-bond donors (Lipinski definition) is 1. The first kappa shape index (κ1) is 22.9. The first-order chi connectivity index (χ1) is 15.7. The minimum Gasteiger partial charge on any atom is -0.324 e. The van der Waals surface area contributed by atoms with Gasteiger partial charge in [0.15, 0.2) is 5.16 Å². The van der Waals surface area contributed by atoms with Crippen molar-refractivity contribution in [1.82, 2.24) is 9.55 Å². The van der Waals surface area contributed by atoms with Gasteiger partial charge in [0.25, 0.3) is 5.56 Å². The van der Waals surface area contributed by atoms with Crippen molar-refractivity contribution >= 4 is 45.9 Å². The molecule has 1 aromatic heterocycles. The smallest absolute Gasteiger partial charge is 0.324 e. The van der Waals surface area contributed by atoms with Crippen LogP contribution in [0.1, 0.15) is 5.56 Å². The number of aromatic nitrogens is 2. The van der Waals surface area contributed by atoms with Crippen LogP contribution in [0.15, 0.2) is 82.7 Å². The Balaban J connectivity index is 1.62. The van der Waals surface area contributed by atoms with E-state index in [1.54, 1.807) is 48.5 Å². The van der Waals surface area contributed by atoms with E-state index in [0.29, 0.717) is 16.6 Å². The summed E-state index contributed by atoms with van der Waals surface area (Å²) in [6.07, 6.45) is -4.57. The number of rotatable bonds is 5. The maximum Gasteiger partial charge on any atom is 0.416 e. The van der Waals surface area contributed by atoms with Gasteiger partial charge in [0.05, 0.1) is 38.6 Å². The number of halogens is 4. The molecule has 0 spiro atoms. The summed E-state index contributed by atoms with van der Waals surface area (Å²) in [6, 6.07) is 18.4. The molecule has 1 heterocycles. The molecular weight excluding hydrogens is 475 g/mol. The van der Waals surface area contributed by atoms with E-state index in [0.717, 1.165) is 30.0 Å². The fourth-order valence-electron chi connectivity index (χ4n) is 3.13. The van der Waals surface area contributed by atoms with Gasteiger partial charge in [-0.2, -0.15) is 13.2 Å². The van der Waals surface area contributed by atoms with Gasteiger partial charge < -0.3 is 5.32 Å². The lowest BCUT2D eigenvalue weighted by Gasteiger charge is -2.14. The molecule has 10 heteroatoms. The van der Waals surface area contributed by atoms with E-state index < -0.39 is 17.6 Å². The lowest BCUT2D eigenvalue weighted by molar-refractivity contribution is -0.137. The average Bonchev–Trinajstić information content (AvgIpc) is 2.79. The second-order valence-electron chi connectivity index (χ2n) is 6.92. The molecule has 0 aliphatic heterocycles. The molecule has 4 aromatic rings. The van der Waals surface area contributed by atoms with E-state index in [2.05, 4.69) is 10.3 Å². The second kappa shape index (κ2) is 9.29. The fourth-order valence-corrected chi connectivity index (χ4v) is 4.11. The number of amides is 1. The number of nitrogens with one attached hydrogen (secondary N) is 1. The molecular formula is C23H15ClF3N3O2S. The van der Waals surface area contributed by atoms with Crippen LogP contribution in [0.25, 0.3) is 16.6 Å². The molecule has 4 rings (SSSR count). The average molecular weight is 490 g/mol. The van der Waals surface area contributed by atoms with Crippen LogP contribution in [0, 0.1) is 0 Å². The lowest BCUT2D eigenvalue weighted by Crippen LogP contribution is -2.23. The Kier molecular flexibility index (Phi) is 6.44. The Hall–Kier alpha value is -3.30. The molecule has 33 heavy (non-hydrogen) atoms. The van der Waals surface area contributed by atoms with E-state index >= 15 is 0 Å². The molecule has 0 aliphatic rings. The van der Waals surface area contributed by atoms with Crippen molar-refractivity contribution in [1.29, 1.82) is 0 Å². The monoisotopic (exact) mass is 489 g/mol. The summed E-state index contributed by atoms with van der Waals surface area (Å²) in [7, 11) is 0. The van der Waals surface area contributed by atoms with Gasteiger partial charge in [-0.3, -0.25) is 14.2 Å². The highest BCUT2D eigenvalue weighted by Crippen LogP contribution is 2.34. The van der Waals surface area contributed by atoms with Crippen molar-refractivity contribution in [3.8, 4) is 5.69 Å². The third-order valence-corrected chi connectivity index (χ3v) is 5.93. The van der Waals surface area contributed by atoms with Crippen LogP contribution in [0.4, 0.5) is 18.9 Å². The predicted octanol–water partition coefficient (Wildman–Crippen LogP) is 5.79. The quantitative estimate of drug-likeness (QED) is 0.285.